The quantitative estimate of drug-likeness (QED) is 0.689. The highest BCUT2D eigenvalue weighted by Crippen LogP contribution is 2.63. The summed E-state index contributed by atoms with van der Waals surface area (Å²) < 4.78 is 0.826. The van der Waals surface area contributed by atoms with E-state index < -0.39 is 0 Å². The molecule has 1 aliphatic heterocycles. The Hall–Kier alpha value is -0.0800. The molecule has 0 saturated heterocycles. The minimum atomic E-state index is 0.826. The first kappa shape index (κ1) is 11.6. The van der Waals surface area contributed by atoms with Crippen LogP contribution >= 0.6 is 23.5 Å². The van der Waals surface area contributed by atoms with Crippen LogP contribution in [0.5, 0.6) is 0 Å². The second-order valence-corrected chi connectivity index (χ2v) is 9.72. The zero-order valence-corrected chi connectivity index (χ0v) is 12.8. The maximum absolute atomic E-state index is 2.32. The van der Waals surface area contributed by atoms with Gasteiger partial charge in [0, 0.05) is 9.79 Å². The molecule has 0 amide bonds. The van der Waals surface area contributed by atoms with Crippen molar-refractivity contribution in [1.29, 1.82) is 0 Å². The summed E-state index contributed by atoms with van der Waals surface area (Å²) in [6.07, 6.45) is 7.82. The van der Waals surface area contributed by atoms with Crippen LogP contribution in [-0.2, 0) is 0 Å². The van der Waals surface area contributed by atoms with E-state index in [9.17, 15) is 0 Å². The van der Waals surface area contributed by atoms with Crippen LogP contribution in [0, 0.1) is 29.6 Å². The Bertz CT molecular complexity index is 457. The first-order valence-electron chi connectivity index (χ1n) is 7.79. The summed E-state index contributed by atoms with van der Waals surface area (Å²) in [5.41, 5.74) is 0. The van der Waals surface area contributed by atoms with Crippen molar-refractivity contribution in [3.8, 4) is 0 Å². The first-order valence-corrected chi connectivity index (χ1v) is 9.55. The Morgan fingerprint density at radius 1 is 0.737 bits per heavy atom. The molecule has 1 aromatic rings. The number of hydrogen-bond donors (Lipinski definition) is 0. The summed E-state index contributed by atoms with van der Waals surface area (Å²) in [6.45, 7) is 0. The molecule has 1 aromatic carbocycles. The highest BCUT2D eigenvalue weighted by molar-refractivity contribution is 8.19. The highest BCUT2D eigenvalue weighted by atomic mass is 32.2. The van der Waals surface area contributed by atoms with Gasteiger partial charge in [0.1, 0.15) is 0 Å². The number of hydrogen-bond acceptors (Lipinski definition) is 2. The van der Waals surface area contributed by atoms with Crippen molar-refractivity contribution in [2.45, 2.75) is 46.5 Å². The fraction of sp³-hybridized carbons (Fsp3) is 0.647. The fourth-order valence-corrected chi connectivity index (χ4v) is 8.98. The van der Waals surface area contributed by atoms with E-state index in [1.807, 2.05) is 0 Å². The molecule has 0 unspecified atom stereocenters. The Morgan fingerprint density at radius 3 is 1.79 bits per heavy atom. The fourth-order valence-electron chi connectivity index (χ4n) is 5.49. The van der Waals surface area contributed by atoms with Crippen molar-refractivity contribution in [2.24, 2.45) is 29.6 Å². The molecular weight excluding hydrogens is 268 g/mol. The van der Waals surface area contributed by atoms with E-state index in [4.69, 9.17) is 0 Å². The summed E-state index contributed by atoms with van der Waals surface area (Å²) in [4.78, 5) is 3.10. The van der Waals surface area contributed by atoms with Crippen LogP contribution in [-0.4, -0.2) is 4.58 Å². The zero-order valence-electron chi connectivity index (χ0n) is 11.1. The predicted octanol–water partition coefficient (Wildman–Crippen LogP) is 5.28. The summed E-state index contributed by atoms with van der Waals surface area (Å²) >= 11 is 4.36. The maximum Gasteiger partial charge on any atom is 0.0631 e. The van der Waals surface area contributed by atoms with Gasteiger partial charge < -0.3 is 0 Å². The standard InChI is InChI=1S/C17H20S2/c1-2-4-15-14(3-1)18-17(19-15)16-12-6-10-5-11(8-12)9-13(16)7-10/h1-4,10-13,16-17H,5-9H2. The van der Waals surface area contributed by atoms with E-state index in [2.05, 4.69) is 47.8 Å². The van der Waals surface area contributed by atoms with Gasteiger partial charge in [-0.15, -0.1) is 23.5 Å². The molecule has 6 rings (SSSR count). The van der Waals surface area contributed by atoms with Crippen LogP contribution in [0.25, 0.3) is 0 Å². The second kappa shape index (κ2) is 4.21. The molecule has 0 atom stereocenters. The lowest BCUT2D eigenvalue weighted by atomic mass is 9.52. The van der Waals surface area contributed by atoms with Gasteiger partial charge in [-0.1, -0.05) is 12.1 Å². The topological polar surface area (TPSA) is 0 Å². The van der Waals surface area contributed by atoms with E-state index in [1.54, 1.807) is 41.9 Å². The third-order valence-electron chi connectivity index (χ3n) is 5.95. The Balaban J connectivity index is 1.43. The molecule has 100 valence electrons. The zero-order chi connectivity index (χ0) is 12.4. The number of fused-ring (bicyclic) bond motifs is 1. The molecule has 0 nitrogen and oxygen atoms in total. The van der Waals surface area contributed by atoms with Crippen molar-refractivity contribution >= 4 is 23.5 Å². The van der Waals surface area contributed by atoms with Crippen molar-refractivity contribution in [2.75, 3.05) is 0 Å². The molecule has 0 spiro atoms. The van der Waals surface area contributed by atoms with Crippen LogP contribution in [0.4, 0.5) is 0 Å². The van der Waals surface area contributed by atoms with Crippen LogP contribution in [0.15, 0.2) is 34.1 Å². The molecule has 2 heteroatoms. The molecule has 0 aromatic heterocycles. The van der Waals surface area contributed by atoms with E-state index in [0.717, 1.165) is 34.2 Å². The van der Waals surface area contributed by atoms with Crippen LogP contribution in [0.1, 0.15) is 32.1 Å². The monoisotopic (exact) mass is 288 g/mol. The minimum absolute atomic E-state index is 0.826. The Kier molecular flexibility index (Phi) is 2.56. The Labute approximate surface area is 124 Å². The molecule has 5 aliphatic rings. The van der Waals surface area contributed by atoms with Crippen LogP contribution in [0.2, 0.25) is 0 Å². The lowest BCUT2D eigenvalue weighted by molar-refractivity contribution is -0.0291. The lowest BCUT2D eigenvalue weighted by Gasteiger charge is -2.55. The number of thioether (sulfide) groups is 2. The third kappa shape index (κ3) is 1.75. The largest absolute Gasteiger partial charge is 0.110 e. The SMILES string of the molecule is c1ccc2c(c1)SC(C1C3CC4CC(C3)CC1C4)S2. The van der Waals surface area contributed by atoms with Crippen molar-refractivity contribution in [3.63, 3.8) is 0 Å². The molecule has 1 heterocycles. The maximum atomic E-state index is 2.32. The van der Waals surface area contributed by atoms with E-state index >= 15 is 0 Å². The molecule has 0 N–H and O–H groups in total. The number of benzene rings is 1. The van der Waals surface area contributed by atoms with E-state index in [1.165, 1.54) is 0 Å². The van der Waals surface area contributed by atoms with Gasteiger partial charge >= 0.3 is 0 Å². The number of rotatable bonds is 1. The normalized spacial score (nSPS) is 43.7. The molecule has 4 fully saturated rings. The van der Waals surface area contributed by atoms with Gasteiger partial charge in [0.15, 0.2) is 0 Å². The smallest absolute Gasteiger partial charge is 0.0631 e. The average molecular weight is 288 g/mol. The van der Waals surface area contributed by atoms with Crippen LogP contribution < -0.4 is 0 Å². The molecule has 4 aliphatic carbocycles. The first-order chi connectivity index (χ1) is 9.37. The van der Waals surface area contributed by atoms with Crippen molar-refractivity contribution in [3.05, 3.63) is 24.3 Å². The summed E-state index contributed by atoms with van der Waals surface area (Å²) in [5, 5.41) is 0. The lowest BCUT2D eigenvalue weighted by Crippen LogP contribution is -2.47. The summed E-state index contributed by atoms with van der Waals surface area (Å²) in [6, 6.07) is 9.05. The average Bonchev–Trinajstić information content (AvgIpc) is 2.80. The van der Waals surface area contributed by atoms with Gasteiger partial charge in [0.2, 0.25) is 0 Å². The van der Waals surface area contributed by atoms with Gasteiger partial charge in [0.05, 0.1) is 4.58 Å². The van der Waals surface area contributed by atoms with Gasteiger partial charge in [-0.2, -0.15) is 0 Å². The molecule has 0 radical (unpaired) electrons. The molecule has 4 bridgehead atoms. The van der Waals surface area contributed by atoms with E-state index in [-0.39, 0.29) is 0 Å². The van der Waals surface area contributed by atoms with E-state index in [0.29, 0.717) is 0 Å². The molecule has 19 heavy (non-hydrogen) atoms. The van der Waals surface area contributed by atoms with Crippen LogP contribution in [0.3, 0.4) is 0 Å². The van der Waals surface area contributed by atoms with Gasteiger partial charge in [-0.3, -0.25) is 0 Å². The highest BCUT2D eigenvalue weighted by Gasteiger charge is 2.51. The second-order valence-electron chi connectivity index (χ2n) is 7.06. The summed E-state index contributed by atoms with van der Waals surface area (Å²) in [7, 11) is 0. The van der Waals surface area contributed by atoms with Crippen molar-refractivity contribution in [1.82, 2.24) is 0 Å². The summed E-state index contributed by atoms with van der Waals surface area (Å²) in [5.74, 6) is 5.36. The minimum Gasteiger partial charge on any atom is -0.110 e. The van der Waals surface area contributed by atoms with Crippen molar-refractivity contribution < 1.29 is 0 Å². The van der Waals surface area contributed by atoms with Gasteiger partial charge in [0.25, 0.3) is 0 Å². The molecule has 4 saturated carbocycles. The Morgan fingerprint density at radius 2 is 1.26 bits per heavy atom. The molecular formula is C17H20S2. The van der Waals surface area contributed by atoms with Gasteiger partial charge in [-0.25, -0.2) is 0 Å². The third-order valence-corrected chi connectivity index (χ3v) is 8.97. The predicted molar refractivity (Wildman–Crippen MR) is 82.5 cm³/mol. The van der Waals surface area contributed by atoms with Gasteiger partial charge in [-0.05, 0) is 73.8 Å².